The summed E-state index contributed by atoms with van der Waals surface area (Å²) in [5.41, 5.74) is 5.67. The molecule has 0 amide bonds. The number of rotatable bonds is 2. The average molecular weight is 505 g/mol. The van der Waals surface area contributed by atoms with Crippen molar-refractivity contribution in [3.63, 3.8) is 0 Å². The second kappa shape index (κ2) is 8.34. The molecule has 0 radical (unpaired) electrons. The number of hydrogen-bond donors (Lipinski definition) is 0. The fourth-order valence-electron chi connectivity index (χ4n) is 6.25. The Balaban J connectivity index is 1.28. The number of fused-ring (bicyclic) bond motifs is 9. The van der Waals surface area contributed by atoms with Gasteiger partial charge in [0.2, 0.25) is 0 Å². The molecule has 0 spiro atoms. The van der Waals surface area contributed by atoms with Crippen LogP contribution in [0.4, 0.5) is 0 Å². The number of hydrogen-bond acceptors (Lipinski definition) is 3. The van der Waals surface area contributed by atoms with Gasteiger partial charge in [0.25, 0.3) is 0 Å². The third-order valence-corrected chi connectivity index (χ3v) is 9.35. The first-order valence-corrected chi connectivity index (χ1v) is 13.9. The van der Waals surface area contributed by atoms with Gasteiger partial charge in [0.15, 0.2) is 0 Å². The molecular weight excluding hydrogens is 480 g/mol. The number of aromatic nitrogens is 2. The van der Waals surface area contributed by atoms with Crippen LogP contribution in [0.5, 0.6) is 0 Å². The van der Waals surface area contributed by atoms with E-state index in [1.807, 2.05) is 17.5 Å². The molecule has 8 rings (SSSR count). The third kappa shape index (κ3) is 3.12. The molecule has 2 heterocycles. The predicted molar refractivity (Wildman–Crippen MR) is 163 cm³/mol. The van der Waals surface area contributed by atoms with E-state index in [0.717, 1.165) is 27.5 Å². The van der Waals surface area contributed by atoms with Crippen LogP contribution >= 0.6 is 11.3 Å². The first kappa shape index (κ1) is 21.7. The molecule has 2 unspecified atom stereocenters. The van der Waals surface area contributed by atoms with Crippen LogP contribution in [0.3, 0.4) is 0 Å². The van der Waals surface area contributed by atoms with E-state index in [4.69, 9.17) is 9.97 Å². The highest BCUT2D eigenvalue weighted by atomic mass is 32.1. The SMILES string of the molecule is CC1C(c2cccc3c2sc2ccccc23)=CC=CC1c1cnc2c3ccccc3c3ccccc3c2n1. The summed E-state index contributed by atoms with van der Waals surface area (Å²) in [7, 11) is 0. The van der Waals surface area contributed by atoms with E-state index in [2.05, 4.69) is 116 Å². The number of allylic oxidation sites excluding steroid dienone is 4. The Kier molecular flexibility index (Phi) is 4.77. The standard InChI is InChI=1S/C35H24N2S/c1-21-22(29-17-9-18-30-26-12-6-7-19-32(26)38-35(29)30)15-8-16-23(21)31-20-36-33-27-13-4-2-10-24(27)25-11-3-5-14-28(25)34(33)37-31/h2-21,23H,1H3. The van der Waals surface area contributed by atoms with E-state index in [0.29, 0.717) is 0 Å². The van der Waals surface area contributed by atoms with Crippen molar-refractivity contribution in [2.75, 3.05) is 0 Å². The van der Waals surface area contributed by atoms with Gasteiger partial charge < -0.3 is 0 Å². The molecule has 3 heteroatoms. The Labute approximate surface area is 224 Å². The molecule has 0 N–H and O–H groups in total. The quantitative estimate of drug-likeness (QED) is 0.219. The molecule has 180 valence electrons. The zero-order chi connectivity index (χ0) is 25.2. The number of benzene rings is 5. The van der Waals surface area contributed by atoms with Gasteiger partial charge in [-0.05, 0) is 33.9 Å². The van der Waals surface area contributed by atoms with Crippen LogP contribution in [0.25, 0.3) is 58.3 Å². The normalized spacial score (nSPS) is 17.7. The minimum Gasteiger partial charge on any atom is -0.252 e. The highest BCUT2D eigenvalue weighted by molar-refractivity contribution is 7.26. The molecule has 38 heavy (non-hydrogen) atoms. The predicted octanol–water partition coefficient (Wildman–Crippen LogP) is 9.68. The summed E-state index contributed by atoms with van der Waals surface area (Å²) in [4.78, 5) is 10.3. The molecule has 2 nitrogen and oxygen atoms in total. The van der Waals surface area contributed by atoms with Gasteiger partial charge in [-0.3, -0.25) is 4.98 Å². The van der Waals surface area contributed by atoms with Crippen molar-refractivity contribution in [2.24, 2.45) is 5.92 Å². The molecule has 5 aromatic carbocycles. The largest absolute Gasteiger partial charge is 0.252 e. The monoisotopic (exact) mass is 504 g/mol. The van der Waals surface area contributed by atoms with Crippen molar-refractivity contribution in [1.82, 2.24) is 9.97 Å². The second-order valence-corrected chi connectivity index (χ2v) is 11.2. The minimum atomic E-state index is 0.154. The van der Waals surface area contributed by atoms with Crippen LogP contribution in [0, 0.1) is 5.92 Å². The smallest absolute Gasteiger partial charge is 0.0975 e. The highest BCUT2D eigenvalue weighted by Crippen LogP contribution is 2.44. The van der Waals surface area contributed by atoms with Gasteiger partial charge in [0, 0.05) is 43.1 Å². The molecule has 1 aliphatic rings. The lowest BCUT2D eigenvalue weighted by atomic mass is 9.78. The van der Waals surface area contributed by atoms with Crippen molar-refractivity contribution in [3.05, 3.63) is 127 Å². The fraction of sp³-hybridized carbons (Fsp3) is 0.0857. The minimum absolute atomic E-state index is 0.154. The first-order valence-electron chi connectivity index (χ1n) is 13.1. The fourth-order valence-corrected chi connectivity index (χ4v) is 7.49. The summed E-state index contributed by atoms with van der Waals surface area (Å²) in [6.45, 7) is 2.33. The van der Waals surface area contributed by atoms with E-state index in [-0.39, 0.29) is 11.8 Å². The number of nitrogens with zero attached hydrogens (tertiary/aromatic N) is 2. The Morgan fingerprint density at radius 1 is 0.658 bits per heavy atom. The maximum atomic E-state index is 5.31. The molecule has 0 saturated carbocycles. The lowest BCUT2D eigenvalue weighted by molar-refractivity contribution is 0.637. The molecule has 2 atom stereocenters. The molecule has 2 aromatic heterocycles. The maximum Gasteiger partial charge on any atom is 0.0975 e. The van der Waals surface area contributed by atoms with Crippen molar-refractivity contribution < 1.29 is 0 Å². The zero-order valence-corrected chi connectivity index (χ0v) is 21.7. The zero-order valence-electron chi connectivity index (χ0n) is 20.9. The summed E-state index contributed by atoms with van der Waals surface area (Å²) < 4.78 is 2.70. The first-order chi connectivity index (χ1) is 18.8. The topological polar surface area (TPSA) is 25.8 Å². The highest BCUT2D eigenvalue weighted by Gasteiger charge is 2.27. The van der Waals surface area contributed by atoms with Crippen LogP contribution in [-0.2, 0) is 0 Å². The molecular formula is C35H24N2S. The molecule has 0 fully saturated rings. The van der Waals surface area contributed by atoms with Crippen LogP contribution in [-0.4, -0.2) is 9.97 Å². The Bertz CT molecular complexity index is 2080. The lowest BCUT2D eigenvalue weighted by Crippen LogP contribution is -2.14. The van der Waals surface area contributed by atoms with Crippen LogP contribution in [0.1, 0.15) is 24.1 Å². The van der Waals surface area contributed by atoms with Gasteiger partial charge in [0.1, 0.15) is 0 Å². The van der Waals surface area contributed by atoms with E-state index in [1.165, 1.54) is 42.1 Å². The van der Waals surface area contributed by atoms with Crippen LogP contribution < -0.4 is 0 Å². The van der Waals surface area contributed by atoms with Crippen molar-refractivity contribution in [3.8, 4) is 0 Å². The Morgan fingerprint density at radius 2 is 1.32 bits per heavy atom. The number of thiophene rings is 1. The summed E-state index contributed by atoms with van der Waals surface area (Å²) in [5, 5.41) is 7.45. The van der Waals surface area contributed by atoms with Gasteiger partial charge in [0.05, 0.1) is 16.7 Å². The molecule has 7 aromatic rings. The van der Waals surface area contributed by atoms with Gasteiger partial charge in [-0.2, -0.15) is 0 Å². The van der Waals surface area contributed by atoms with Crippen LogP contribution in [0.2, 0.25) is 0 Å². The molecule has 0 aliphatic heterocycles. The maximum absolute atomic E-state index is 5.31. The lowest BCUT2D eigenvalue weighted by Gasteiger charge is -2.27. The molecule has 1 aliphatic carbocycles. The third-order valence-electron chi connectivity index (χ3n) is 8.13. The van der Waals surface area contributed by atoms with Crippen molar-refractivity contribution in [2.45, 2.75) is 12.8 Å². The van der Waals surface area contributed by atoms with Crippen LogP contribution in [0.15, 0.2) is 115 Å². The Morgan fingerprint density at radius 3 is 2.11 bits per heavy atom. The Hall–Kier alpha value is -4.34. The summed E-state index contributed by atoms with van der Waals surface area (Å²) in [6, 6.07) is 32.6. The average Bonchev–Trinajstić information content (AvgIpc) is 3.36. The van der Waals surface area contributed by atoms with E-state index in [1.54, 1.807) is 0 Å². The van der Waals surface area contributed by atoms with Gasteiger partial charge in [-0.25, -0.2) is 4.98 Å². The summed E-state index contributed by atoms with van der Waals surface area (Å²) in [6.07, 6.45) is 8.78. The van der Waals surface area contributed by atoms with E-state index >= 15 is 0 Å². The molecule has 0 saturated heterocycles. The summed E-state index contributed by atoms with van der Waals surface area (Å²) >= 11 is 1.89. The van der Waals surface area contributed by atoms with Crippen molar-refractivity contribution >= 4 is 69.7 Å². The second-order valence-electron chi connectivity index (χ2n) is 10.2. The van der Waals surface area contributed by atoms with Gasteiger partial charge in [-0.1, -0.05) is 110 Å². The van der Waals surface area contributed by atoms with E-state index in [9.17, 15) is 0 Å². The van der Waals surface area contributed by atoms with E-state index < -0.39 is 0 Å². The van der Waals surface area contributed by atoms with Crippen molar-refractivity contribution in [1.29, 1.82) is 0 Å². The summed E-state index contributed by atoms with van der Waals surface area (Å²) in [5.74, 6) is 0.427. The van der Waals surface area contributed by atoms with Gasteiger partial charge in [-0.15, -0.1) is 11.3 Å². The van der Waals surface area contributed by atoms with Gasteiger partial charge >= 0.3 is 0 Å². The molecule has 0 bridgehead atoms.